The van der Waals surface area contributed by atoms with Gasteiger partial charge in [-0.2, -0.15) is 0 Å². The van der Waals surface area contributed by atoms with Crippen LogP contribution in [0.15, 0.2) is 24.3 Å². The Morgan fingerprint density at radius 2 is 1.94 bits per heavy atom. The normalized spacial score (nSPS) is 9.88. The molecule has 3 nitrogen and oxygen atoms in total. The highest BCUT2D eigenvalue weighted by molar-refractivity contribution is 6.30. The van der Waals surface area contributed by atoms with Gasteiger partial charge in [-0.1, -0.05) is 18.5 Å². The molecule has 0 atom stereocenters. The first-order chi connectivity index (χ1) is 7.72. The third-order valence-electron chi connectivity index (χ3n) is 2.17. The Kier molecular flexibility index (Phi) is 5.72. The van der Waals surface area contributed by atoms with Crippen LogP contribution in [0.3, 0.4) is 0 Å². The molecule has 0 radical (unpaired) electrons. The summed E-state index contributed by atoms with van der Waals surface area (Å²) in [6.45, 7) is 3.40. The van der Waals surface area contributed by atoms with Gasteiger partial charge < -0.3 is 10.6 Å². The van der Waals surface area contributed by atoms with E-state index in [0.29, 0.717) is 13.0 Å². The summed E-state index contributed by atoms with van der Waals surface area (Å²) in [5, 5.41) is 6.82. The molecule has 0 spiro atoms. The zero-order chi connectivity index (χ0) is 11.8. The van der Waals surface area contributed by atoms with Crippen molar-refractivity contribution in [3.05, 3.63) is 29.3 Å². The average Bonchev–Trinajstić information content (AvgIpc) is 2.31. The van der Waals surface area contributed by atoms with E-state index in [1.807, 2.05) is 31.2 Å². The molecule has 0 aromatic heterocycles. The van der Waals surface area contributed by atoms with Crippen LogP contribution in [0.2, 0.25) is 5.02 Å². The molecular formula is C12H17ClN2O. The van der Waals surface area contributed by atoms with E-state index in [4.69, 9.17) is 11.6 Å². The Bertz CT molecular complexity index is 324. The first kappa shape index (κ1) is 12.8. The molecule has 1 aromatic rings. The van der Waals surface area contributed by atoms with Crippen LogP contribution in [-0.2, 0) is 4.79 Å². The molecule has 1 amide bonds. The van der Waals surface area contributed by atoms with Gasteiger partial charge in [0.05, 0.1) is 0 Å². The van der Waals surface area contributed by atoms with Gasteiger partial charge in [0.25, 0.3) is 0 Å². The summed E-state index contributed by atoms with van der Waals surface area (Å²) >= 11 is 5.77. The predicted molar refractivity (Wildman–Crippen MR) is 67.9 cm³/mol. The van der Waals surface area contributed by atoms with Gasteiger partial charge in [-0.05, 0) is 30.7 Å². The smallest absolute Gasteiger partial charge is 0.219 e. The van der Waals surface area contributed by atoms with E-state index in [1.165, 1.54) is 0 Å². The fourth-order valence-electron chi connectivity index (χ4n) is 1.24. The molecule has 0 fully saturated rings. The highest BCUT2D eigenvalue weighted by atomic mass is 35.5. The molecule has 88 valence electrons. The minimum atomic E-state index is 0.103. The topological polar surface area (TPSA) is 41.1 Å². The van der Waals surface area contributed by atoms with E-state index in [1.54, 1.807) is 0 Å². The van der Waals surface area contributed by atoms with Crippen molar-refractivity contribution in [3.8, 4) is 0 Å². The van der Waals surface area contributed by atoms with Crippen molar-refractivity contribution in [1.82, 2.24) is 5.32 Å². The largest absolute Gasteiger partial charge is 0.385 e. The second kappa shape index (κ2) is 7.12. The summed E-state index contributed by atoms with van der Waals surface area (Å²) < 4.78 is 0. The SMILES string of the molecule is CCC(=O)NCCCNc1ccc(Cl)cc1. The van der Waals surface area contributed by atoms with Crippen molar-refractivity contribution < 1.29 is 4.79 Å². The van der Waals surface area contributed by atoms with Gasteiger partial charge in [0.15, 0.2) is 0 Å². The van der Waals surface area contributed by atoms with Crippen molar-refractivity contribution in [2.45, 2.75) is 19.8 Å². The maximum absolute atomic E-state index is 10.9. The highest BCUT2D eigenvalue weighted by Gasteiger charge is 1.95. The number of nitrogens with one attached hydrogen (secondary N) is 2. The number of anilines is 1. The van der Waals surface area contributed by atoms with Gasteiger partial charge in [-0.15, -0.1) is 0 Å². The monoisotopic (exact) mass is 240 g/mol. The highest BCUT2D eigenvalue weighted by Crippen LogP contribution is 2.12. The van der Waals surface area contributed by atoms with E-state index in [-0.39, 0.29) is 5.91 Å². The van der Waals surface area contributed by atoms with Gasteiger partial charge in [-0.25, -0.2) is 0 Å². The maximum atomic E-state index is 10.9. The van der Waals surface area contributed by atoms with Gasteiger partial charge in [0.1, 0.15) is 0 Å². The van der Waals surface area contributed by atoms with Crippen molar-refractivity contribution in [3.63, 3.8) is 0 Å². The first-order valence-corrected chi connectivity index (χ1v) is 5.86. The Hall–Kier alpha value is -1.22. The fraction of sp³-hybridized carbons (Fsp3) is 0.417. The number of carbonyl (C=O) groups excluding carboxylic acids is 1. The molecule has 0 saturated carbocycles. The Morgan fingerprint density at radius 3 is 2.56 bits per heavy atom. The van der Waals surface area contributed by atoms with E-state index in [2.05, 4.69) is 10.6 Å². The molecule has 4 heteroatoms. The molecule has 16 heavy (non-hydrogen) atoms. The third-order valence-corrected chi connectivity index (χ3v) is 2.42. The quantitative estimate of drug-likeness (QED) is 0.751. The minimum Gasteiger partial charge on any atom is -0.385 e. The molecule has 0 bridgehead atoms. The van der Waals surface area contributed by atoms with Crippen molar-refractivity contribution in [2.75, 3.05) is 18.4 Å². The number of halogens is 1. The predicted octanol–water partition coefficient (Wildman–Crippen LogP) is 2.67. The maximum Gasteiger partial charge on any atom is 0.219 e. The average molecular weight is 241 g/mol. The lowest BCUT2D eigenvalue weighted by molar-refractivity contribution is -0.120. The lowest BCUT2D eigenvalue weighted by Gasteiger charge is -2.07. The summed E-state index contributed by atoms with van der Waals surface area (Å²) in [5.74, 6) is 0.103. The first-order valence-electron chi connectivity index (χ1n) is 5.48. The minimum absolute atomic E-state index is 0.103. The second-order valence-electron chi connectivity index (χ2n) is 3.49. The van der Waals surface area contributed by atoms with Crippen LogP contribution in [0, 0.1) is 0 Å². The molecule has 2 N–H and O–H groups in total. The fourth-order valence-corrected chi connectivity index (χ4v) is 1.37. The number of carbonyl (C=O) groups is 1. The molecule has 0 heterocycles. The zero-order valence-corrected chi connectivity index (χ0v) is 10.2. The van der Waals surface area contributed by atoms with Crippen LogP contribution in [-0.4, -0.2) is 19.0 Å². The van der Waals surface area contributed by atoms with Gasteiger partial charge in [0, 0.05) is 30.2 Å². The van der Waals surface area contributed by atoms with Gasteiger partial charge in [0.2, 0.25) is 5.91 Å². The van der Waals surface area contributed by atoms with Crippen molar-refractivity contribution in [1.29, 1.82) is 0 Å². The van der Waals surface area contributed by atoms with Crippen LogP contribution in [0.25, 0.3) is 0 Å². The molecule has 1 aromatic carbocycles. The number of amides is 1. The van der Waals surface area contributed by atoms with Crippen molar-refractivity contribution in [2.24, 2.45) is 0 Å². The van der Waals surface area contributed by atoms with Gasteiger partial charge in [-0.3, -0.25) is 4.79 Å². The number of rotatable bonds is 6. The molecular weight excluding hydrogens is 224 g/mol. The molecule has 0 aliphatic heterocycles. The lowest BCUT2D eigenvalue weighted by Crippen LogP contribution is -2.24. The summed E-state index contributed by atoms with van der Waals surface area (Å²) in [7, 11) is 0. The van der Waals surface area contributed by atoms with Crippen LogP contribution in [0.1, 0.15) is 19.8 Å². The molecule has 0 saturated heterocycles. The van der Waals surface area contributed by atoms with Gasteiger partial charge >= 0.3 is 0 Å². The number of hydrogen-bond acceptors (Lipinski definition) is 2. The molecule has 0 aliphatic carbocycles. The van der Waals surface area contributed by atoms with E-state index >= 15 is 0 Å². The van der Waals surface area contributed by atoms with Crippen LogP contribution in [0.5, 0.6) is 0 Å². The Balaban J connectivity index is 2.11. The van der Waals surface area contributed by atoms with Crippen LogP contribution < -0.4 is 10.6 Å². The Morgan fingerprint density at radius 1 is 1.25 bits per heavy atom. The third kappa shape index (κ3) is 5.03. The summed E-state index contributed by atoms with van der Waals surface area (Å²) in [5.41, 5.74) is 1.05. The summed E-state index contributed by atoms with van der Waals surface area (Å²) in [4.78, 5) is 10.9. The lowest BCUT2D eigenvalue weighted by atomic mass is 10.3. The molecule has 0 aliphatic rings. The van der Waals surface area contributed by atoms with Crippen LogP contribution in [0.4, 0.5) is 5.69 Å². The van der Waals surface area contributed by atoms with Crippen LogP contribution >= 0.6 is 11.6 Å². The summed E-state index contributed by atoms with van der Waals surface area (Å²) in [6, 6.07) is 7.57. The number of hydrogen-bond donors (Lipinski definition) is 2. The zero-order valence-electron chi connectivity index (χ0n) is 9.42. The summed E-state index contributed by atoms with van der Waals surface area (Å²) in [6.07, 6.45) is 1.46. The van der Waals surface area contributed by atoms with E-state index in [9.17, 15) is 4.79 Å². The van der Waals surface area contributed by atoms with Crippen molar-refractivity contribution >= 4 is 23.2 Å². The Labute approximate surface area is 101 Å². The van der Waals surface area contributed by atoms with E-state index in [0.717, 1.165) is 23.7 Å². The standard InChI is InChI=1S/C12H17ClN2O/c1-2-12(16)15-9-3-8-14-11-6-4-10(13)5-7-11/h4-7,14H,2-3,8-9H2,1H3,(H,15,16). The molecule has 0 unspecified atom stereocenters. The second-order valence-corrected chi connectivity index (χ2v) is 3.93. The van der Waals surface area contributed by atoms with E-state index < -0.39 is 0 Å². The molecule has 1 rings (SSSR count). The number of benzene rings is 1.